The van der Waals surface area contributed by atoms with E-state index in [0.29, 0.717) is 53.2 Å². The fourth-order valence-corrected chi connectivity index (χ4v) is 4.41. The third-order valence-corrected chi connectivity index (χ3v) is 6.48. The van der Waals surface area contributed by atoms with Gasteiger partial charge in [-0.3, -0.25) is 14.4 Å². The van der Waals surface area contributed by atoms with E-state index < -0.39 is 0 Å². The predicted molar refractivity (Wildman–Crippen MR) is 126 cm³/mol. The minimum Gasteiger partial charge on any atom is -0.507 e. The SMILES string of the molecule is CC1=C(C)C(=O)C(C(CCCNC(=O)c2ccccc2O)c2ccc3c(c2)OCO3)=C(C)C1=O. The number of carbonyl (C=O) groups excluding carboxylic acids is 3. The molecule has 1 aliphatic carbocycles. The van der Waals surface area contributed by atoms with Crippen molar-refractivity contribution in [2.24, 2.45) is 0 Å². The molecule has 7 heteroatoms. The van der Waals surface area contributed by atoms with Crippen LogP contribution in [0.15, 0.2) is 64.8 Å². The molecule has 1 amide bonds. The summed E-state index contributed by atoms with van der Waals surface area (Å²) in [6.07, 6.45) is 1.08. The zero-order valence-corrected chi connectivity index (χ0v) is 19.4. The summed E-state index contributed by atoms with van der Waals surface area (Å²) in [5, 5.41) is 12.7. The lowest BCUT2D eigenvalue weighted by Gasteiger charge is -2.26. The highest BCUT2D eigenvalue weighted by Gasteiger charge is 2.33. The molecule has 2 N–H and O–H groups in total. The molecule has 0 spiro atoms. The lowest BCUT2D eigenvalue weighted by molar-refractivity contribution is -0.116. The summed E-state index contributed by atoms with van der Waals surface area (Å²) in [4.78, 5) is 38.5. The van der Waals surface area contributed by atoms with E-state index in [9.17, 15) is 19.5 Å². The van der Waals surface area contributed by atoms with Crippen LogP contribution in [0.3, 0.4) is 0 Å². The fraction of sp³-hybridized carbons (Fsp3) is 0.296. The van der Waals surface area contributed by atoms with Gasteiger partial charge in [0.2, 0.25) is 6.79 Å². The van der Waals surface area contributed by atoms with Crippen molar-refractivity contribution in [1.29, 1.82) is 0 Å². The molecule has 1 aliphatic heterocycles. The van der Waals surface area contributed by atoms with Crippen molar-refractivity contribution in [2.45, 2.75) is 39.5 Å². The second-order valence-electron chi connectivity index (χ2n) is 8.53. The van der Waals surface area contributed by atoms with Gasteiger partial charge in [0, 0.05) is 34.8 Å². The summed E-state index contributed by atoms with van der Waals surface area (Å²) >= 11 is 0. The normalized spacial score (nSPS) is 16.2. The van der Waals surface area contributed by atoms with Crippen molar-refractivity contribution in [2.75, 3.05) is 13.3 Å². The summed E-state index contributed by atoms with van der Waals surface area (Å²) in [6, 6.07) is 11.9. The van der Waals surface area contributed by atoms with Gasteiger partial charge in [-0.2, -0.15) is 0 Å². The Morgan fingerprint density at radius 2 is 1.68 bits per heavy atom. The van der Waals surface area contributed by atoms with Crippen LogP contribution in [0, 0.1) is 0 Å². The molecule has 34 heavy (non-hydrogen) atoms. The Morgan fingerprint density at radius 3 is 2.44 bits per heavy atom. The summed E-state index contributed by atoms with van der Waals surface area (Å²) < 4.78 is 10.9. The first-order chi connectivity index (χ1) is 16.3. The van der Waals surface area contributed by atoms with Gasteiger partial charge in [-0.25, -0.2) is 0 Å². The Balaban J connectivity index is 1.57. The summed E-state index contributed by atoms with van der Waals surface area (Å²) in [5.74, 6) is 0.194. The fourth-order valence-electron chi connectivity index (χ4n) is 4.41. The zero-order valence-electron chi connectivity index (χ0n) is 19.4. The first-order valence-corrected chi connectivity index (χ1v) is 11.2. The Kier molecular flexibility index (Phi) is 6.54. The number of phenolic OH excluding ortho intramolecular Hbond substituents is 1. The van der Waals surface area contributed by atoms with Crippen LogP contribution in [0.4, 0.5) is 0 Å². The van der Waals surface area contributed by atoms with Crippen molar-refractivity contribution in [3.8, 4) is 17.2 Å². The highest BCUT2D eigenvalue weighted by Crippen LogP contribution is 2.41. The Hall–Kier alpha value is -3.87. The molecule has 2 aromatic rings. The number of Topliss-reactive ketones (excluding diaryl/α,β-unsaturated/α-hetero) is 2. The quantitative estimate of drug-likeness (QED) is 0.473. The van der Waals surface area contributed by atoms with Gasteiger partial charge in [-0.05, 0) is 63.4 Å². The smallest absolute Gasteiger partial charge is 0.255 e. The van der Waals surface area contributed by atoms with Crippen LogP contribution < -0.4 is 14.8 Å². The molecular weight excluding hydrogens is 434 g/mol. The summed E-state index contributed by atoms with van der Waals surface area (Å²) in [6.45, 7) is 5.55. The van der Waals surface area contributed by atoms with E-state index in [2.05, 4.69) is 5.32 Å². The first-order valence-electron chi connectivity index (χ1n) is 11.2. The average molecular weight is 462 g/mol. The van der Waals surface area contributed by atoms with Crippen molar-refractivity contribution in [3.05, 3.63) is 75.9 Å². The molecule has 0 saturated heterocycles. The Morgan fingerprint density at radius 1 is 0.971 bits per heavy atom. The molecule has 0 fully saturated rings. The second kappa shape index (κ2) is 9.55. The van der Waals surface area contributed by atoms with Gasteiger partial charge in [0.15, 0.2) is 23.1 Å². The molecule has 0 bridgehead atoms. The monoisotopic (exact) mass is 461 g/mol. The van der Waals surface area contributed by atoms with E-state index in [1.165, 1.54) is 6.07 Å². The molecular formula is C27H27NO6. The Bertz CT molecular complexity index is 1240. The highest BCUT2D eigenvalue weighted by molar-refractivity contribution is 6.25. The van der Waals surface area contributed by atoms with E-state index in [4.69, 9.17) is 9.47 Å². The van der Waals surface area contributed by atoms with Crippen molar-refractivity contribution in [3.63, 3.8) is 0 Å². The molecule has 176 valence electrons. The molecule has 1 atom stereocenters. The van der Waals surface area contributed by atoms with Crippen LogP contribution in [0.5, 0.6) is 17.2 Å². The number of phenols is 1. The molecule has 7 nitrogen and oxygen atoms in total. The molecule has 2 aliphatic rings. The molecule has 0 aromatic heterocycles. The van der Waals surface area contributed by atoms with Crippen LogP contribution in [0.25, 0.3) is 0 Å². The number of fused-ring (bicyclic) bond motifs is 1. The molecule has 2 aromatic carbocycles. The minimum absolute atomic E-state index is 0.0806. The number of hydrogen-bond acceptors (Lipinski definition) is 6. The summed E-state index contributed by atoms with van der Waals surface area (Å²) in [7, 11) is 0. The van der Waals surface area contributed by atoms with Crippen LogP contribution in [0.2, 0.25) is 0 Å². The molecule has 0 radical (unpaired) electrons. The van der Waals surface area contributed by atoms with Crippen LogP contribution in [0.1, 0.15) is 55.5 Å². The Labute approximate surface area is 198 Å². The van der Waals surface area contributed by atoms with Crippen molar-refractivity contribution >= 4 is 17.5 Å². The number of benzene rings is 2. The largest absolute Gasteiger partial charge is 0.507 e. The maximum absolute atomic E-state index is 13.3. The number of ketones is 2. The minimum atomic E-state index is -0.369. The second-order valence-corrected chi connectivity index (χ2v) is 8.53. The van der Waals surface area contributed by atoms with Crippen molar-refractivity contribution in [1.82, 2.24) is 5.32 Å². The number of nitrogens with one attached hydrogen (secondary N) is 1. The topological polar surface area (TPSA) is 102 Å². The average Bonchev–Trinajstić information content (AvgIpc) is 3.31. The number of amides is 1. The number of allylic oxidation sites excluding steroid dienone is 4. The van der Waals surface area contributed by atoms with Gasteiger partial charge in [0.25, 0.3) is 5.91 Å². The van der Waals surface area contributed by atoms with Crippen LogP contribution >= 0.6 is 0 Å². The maximum Gasteiger partial charge on any atom is 0.255 e. The van der Waals surface area contributed by atoms with Gasteiger partial charge >= 0.3 is 0 Å². The highest BCUT2D eigenvalue weighted by atomic mass is 16.7. The van der Waals surface area contributed by atoms with Crippen LogP contribution in [-0.4, -0.2) is 35.9 Å². The standard InChI is InChI=1S/C27H27NO6/c1-15-16(2)26(31)24(17(3)25(15)30)19(18-10-11-22-23(13-18)34-14-33-22)8-6-12-28-27(32)20-7-4-5-9-21(20)29/h4-5,7,9-11,13,19,29H,6,8,12,14H2,1-3H3,(H,28,32). The lowest BCUT2D eigenvalue weighted by Crippen LogP contribution is -2.27. The molecule has 1 unspecified atom stereocenters. The number of carbonyl (C=O) groups is 3. The molecule has 0 saturated carbocycles. The van der Waals surface area contributed by atoms with E-state index in [0.717, 1.165) is 5.56 Å². The van der Waals surface area contributed by atoms with Gasteiger partial charge < -0.3 is 19.9 Å². The maximum atomic E-state index is 13.3. The number of rotatable bonds is 7. The van der Waals surface area contributed by atoms with Crippen LogP contribution in [-0.2, 0) is 9.59 Å². The number of ether oxygens (including phenoxy) is 2. The number of hydrogen-bond donors (Lipinski definition) is 2. The van der Waals surface area contributed by atoms with E-state index in [1.54, 1.807) is 39.0 Å². The lowest BCUT2D eigenvalue weighted by atomic mass is 9.76. The predicted octanol–water partition coefficient (Wildman–Crippen LogP) is 4.22. The van der Waals surface area contributed by atoms with E-state index in [-0.39, 0.29) is 41.5 Å². The zero-order chi connectivity index (χ0) is 24.4. The molecule has 1 heterocycles. The van der Waals surface area contributed by atoms with Gasteiger partial charge in [0.05, 0.1) is 5.56 Å². The molecule has 4 rings (SSSR count). The third kappa shape index (κ3) is 4.33. The van der Waals surface area contributed by atoms with Gasteiger partial charge in [0.1, 0.15) is 5.75 Å². The van der Waals surface area contributed by atoms with Crippen molar-refractivity contribution < 1.29 is 29.0 Å². The van der Waals surface area contributed by atoms with E-state index >= 15 is 0 Å². The van der Waals surface area contributed by atoms with Gasteiger partial charge in [-0.15, -0.1) is 0 Å². The first kappa shape index (κ1) is 23.3. The number of aromatic hydroxyl groups is 1. The summed E-state index contributed by atoms with van der Waals surface area (Å²) in [5.41, 5.74) is 2.93. The van der Waals surface area contributed by atoms with E-state index in [1.807, 2.05) is 18.2 Å². The number of para-hydroxylation sites is 1. The third-order valence-electron chi connectivity index (χ3n) is 6.48. The van der Waals surface area contributed by atoms with Gasteiger partial charge in [-0.1, -0.05) is 18.2 Å².